The summed E-state index contributed by atoms with van der Waals surface area (Å²) in [5.41, 5.74) is 0. The molecule has 2 bridgehead atoms. The van der Waals surface area contributed by atoms with Gasteiger partial charge in [-0.05, 0) is 20.3 Å². The van der Waals surface area contributed by atoms with Crippen molar-refractivity contribution in [1.82, 2.24) is 0 Å². The molecule has 0 radical (unpaired) electrons. The van der Waals surface area contributed by atoms with Crippen LogP contribution in [0.15, 0.2) is 0 Å². The second-order valence-corrected chi connectivity index (χ2v) is 12.3. The van der Waals surface area contributed by atoms with Gasteiger partial charge in [0.25, 0.3) is 10.1 Å². The molecule has 9 nitrogen and oxygen atoms in total. The summed E-state index contributed by atoms with van der Waals surface area (Å²) < 4.78 is 83.9. The molecule has 30 heavy (non-hydrogen) atoms. The molecule has 1 heterocycles. The Balaban J connectivity index is 1.83. The Morgan fingerprint density at radius 1 is 1.30 bits per heavy atom. The van der Waals surface area contributed by atoms with E-state index in [1.165, 1.54) is 0 Å². The first-order chi connectivity index (χ1) is 13.5. The fraction of sp³-hybridized carbons (Fsp3) is 0.812. The number of hydrogen-bond acceptors (Lipinski definition) is 8. The highest BCUT2D eigenvalue weighted by atomic mass is 127. The largest absolute Gasteiger partial charge is 0.461 e. The first kappa shape index (κ1) is 23.5. The van der Waals surface area contributed by atoms with Crippen molar-refractivity contribution in [2.75, 3.05) is 5.75 Å². The van der Waals surface area contributed by atoms with E-state index in [2.05, 4.69) is 4.74 Å². The Labute approximate surface area is 182 Å². The molecular formula is C16H18F3IO9S. The van der Waals surface area contributed by atoms with Crippen molar-refractivity contribution in [3.8, 4) is 0 Å². The molecule has 1 N–H and O–H groups in total. The molecule has 2 aliphatic carbocycles. The quantitative estimate of drug-likeness (QED) is 0.165. The SMILES string of the molecule is CC(C)(I)C(=O)OC1C2CC3C(OC(=O)C31)C2C(=O)OC(CS(=O)(=O)O)C(F)(F)F. The molecule has 0 aromatic rings. The van der Waals surface area contributed by atoms with Crippen LogP contribution in [0.4, 0.5) is 13.2 Å². The van der Waals surface area contributed by atoms with Crippen molar-refractivity contribution in [3.63, 3.8) is 0 Å². The molecule has 3 rings (SSSR count). The lowest BCUT2D eigenvalue weighted by atomic mass is 9.80. The summed E-state index contributed by atoms with van der Waals surface area (Å²) >= 11 is 1.82. The van der Waals surface area contributed by atoms with Gasteiger partial charge in [0, 0.05) is 11.8 Å². The van der Waals surface area contributed by atoms with Crippen LogP contribution in [0.25, 0.3) is 0 Å². The second-order valence-electron chi connectivity index (χ2n) is 8.07. The first-order valence-corrected chi connectivity index (χ1v) is 11.5. The van der Waals surface area contributed by atoms with E-state index in [1.807, 2.05) is 22.6 Å². The lowest BCUT2D eigenvalue weighted by Crippen LogP contribution is -2.47. The minimum Gasteiger partial charge on any atom is -0.461 e. The van der Waals surface area contributed by atoms with Crippen LogP contribution in [0, 0.1) is 23.7 Å². The van der Waals surface area contributed by atoms with Gasteiger partial charge in [0.05, 0.1) is 0 Å². The van der Waals surface area contributed by atoms with Gasteiger partial charge >= 0.3 is 24.1 Å². The molecule has 7 unspecified atom stereocenters. The molecule has 1 aliphatic heterocycles. The van der Waals surface area contributed by atoms with Crippen molar-refractivity contribution in [2.45, 2.75) is 48.2 Å². The predicted octanol–water partition coefficient (Wildman–Crippen LogP) is 1.28. The predicted molar refractivity (Wildman–Crippen MR) is 98.8 cm³/mol. The smallest absolute Gasteiger partial charge is 0.426 e. The fourth-order valence-electron chi connectivity index (χ4n) is 4.33. The van der Waals surface area contributed by atoms with E-state index < -0.39 is 85.4 Å². The highest BCUT2D eigenvalue weighted by Crippen LogP contribution is 2.59. The van der Waals surface area contributed by atoms with Gasteiger partial charge in [0.2, 0.25) is 6.10 Å². The van der Waals surface area contributed by atoms with Gasteiger partial charge in [0.1, 0.15) is 33.2 Å². The highest BCUT2D eigenvalue weighted by Gasteiger charge is 2.70. The van der Waals surface area contributed by atoms with Crippen molar-refractivity contribution < 1.29 is 54.7 Å². The van der Waals surface area contributed by atoms with Crippen LogP contribution in [0.1, 0.15) is 20.3 Å². The van der Waals surface area contributed by atoms with Gasteiger partial charge in [-0.15, -0.1) is 0 Å². The van der Waals surface area contributed by atoms with Gasteiger partial charge in [-0.25, -0.2) is 0 Å². The zero-order chi connectivity index (χ0) is 22.8. The monoisotopic (exact) mass is 570 g/mol. The Bertz CT molecular complexity index is 866. The van der Waals surface area contributed by atoms with Crippen LogP contribution < -0.4 is 0 Å². The number of esters is 3. The van der Waals surface area contributed by atoms with Crippen LogP contribution in [0.5, 0.6) is 0 Å². The molecule has 3 aliphatic rings. The number of alkyl halides is 4. The Hall–Kier alpha value is -1.16. The maximum atomic E-state index is 13.1. The third kappa shape index (κ3) is 4.40. The molecule has 0 aromatic heterocycles. The maximum Gasteiger partial charge on any atom is 0.426 e. The van der Waals surface area contributed by atoms with Crippen molar-refractivity contribution >= 4 is 50.6 Å². The third-order valence-electron chi connectivity index (χ3n) is 5.53. The number of carbonyl (C=O) groups is 3. The Kier molecular flexibility index (Phi) is 5.85. The van der Waals surface area contributed by atoms with Gasteiger partial charge in [-0.1, -0.05) is 22.6 Å². The summed E-state index contributed by atoms with van der Waals surface area (Å²) in [4.78, 5) is 37.1. The van der Waals surface area contributed by atoms with Gasteiger partial charge in [0.15, 0.2) is 0 Å². The molecule has 3 fully saturated rings. The summed E-state index contributed by atoms with van der Waals surface area (Å²) in [6.45, 7) is 3.13. The Morgan fingerprint density at radius 3 is 2.40 bits per heavy atom. The fourth-order valence-corrected chi connectivity index (χ4v) is 5.09. The molecule has 1 saturated heterocycles. The van der Waals surface area contributed by atoms with E-state index in [1.54, 1.807) is 13.8 Å². The number of fused-ring (bicyclic) bond motifs is 1. The third-order valence-corrected chi connectivity index (χ3v) is 6.69. The molecule has 0 spiro atoms. The standard InChI is InChI=1S/C16H18F3IO9S/c1-15(2,20)14(23)29-11-6-3-5-9(11)13(22)28-10(5)8(6)12(21)27-7(16(17,18)19)4-30(24,25)26/h5-11H,3-4H2,1-2H3,(H,24,25,26). The number of halogens is 4. The zero-order valence-electron chi connectivity index (χ0n) is 15.6. The topological polar surface area (TPSA) is 133 Å². The van der Waals surface area contributed by atoms with E-state index >= 15 is 0 Å². The first-order valence-electron chi connectivity index (χ1n) is 8.83. The molecule has 7 atom stereocenters. The molecule has 14 heteroatoms. The van der Waals surface area contributed by atoms with Crippen LogP contribution in [0.3, 0.4) is 0 Å². The second kappa shape index (κ2) is 7.46. The van der Waals surface area contributed by atoms with Crippen molar-refractivity contribution in [2.24, 2.45) is 23.7 Å². The Morgan fingerprint density at radius 2 is 1.90 bits per heavy atom. The summed E-state index contributed by atoms with van der Waals surface area (Å²) in [6.07, 6.45) is -10.3. The minimum absolute atomic E-state index is 0.204. The van der Waals surface area contributed by atoms with E-state index in [0.29, 0.717) is 0 Å². The molecular weight excluding hydrogens is 552 g/mol. The van der Waals surface area contributed by atoms with Crippen molar-refractivity contribution in [1.29, 1.82) is 0 Å². The van der Waals surface area contributed by atoms with Crippen LogP contribution in [-0.4, -0.2) is 64.5 Å². The number of rotatable bonds is 6. The highest BCUT2D eigenvalue weighted by molar-refractivity contribution is 14.1. The van der Waals surface area contributed by atoms with Crippen LogP contribution in [-0.2, 0) is 38.7 Å². The van der Waals surface area contributed by atoms with Crippen LogP contribution >= 0.6 is 22.6 Å². The van der Waals surface area contributed by atoms with Crippen molar-refractivity contribution in [3.05, 3.63) is 0 Å². The lowest BCUT2D eigenvalue weighted by molar-refractivity contribution is -0.220. The molecule has 170 valence electrons. The molecule has 0 amide bonds. The average molecular weight is 570 g/mol. The van der Waals surface area contributed by atoms with Gasteiger partial charge in [-0.3, -0.25) is 18.9 Å². The van der Waals surface area contributed by atoms with Crippen LogP contribution in [0.2, 0.25) is 0 Å². The minimum atomic E-state index is -5.25. The summed E-state index contributed by atoms with van der Waals surface area (Å²) in [6, 6.07) is 0. The zero-order valence-corrected chi connectivity index (χ0v) is 18.6. The lowest BCUT2D eigenvalue weighted by Gasteiger charge is -2.32. The van der Waals surface area contributed by atoms with E-state index in [-0.39, 0.29) is 6.42 Å². The number of carbonyl (C=O) groups excluding carboxylic acids is 3. The summed E-state index contributed by atoms with van der Waals surface area (Å²) in [5.74, 6) is -8.17. The number of ether oxygens (including phenoxy) is 3. The van der Waals surface area contributed by atoms with E-state index in [4.69, 9.17) is 14.0 Å². The molecule has 0 aromatic carbocycles. The number of hydrogen-bond donors (Lipinski definition) is 1. The summed E-state index contributed by atoms with van der Waals surface area (Å²) in [7, 11) is -5.10. The van der Waals surface area contributed by atoms with E-state index in [9.17, 15) is 36.0 Å². The van der Waals surface area contributed by atoms with Gasteiger partial charge < -0.3 is 14.2 Å². The summed E-state index contributed by atoms with van der Waals surface area (Å²) in [5, 5.41) is 0. The van der Waals surface area contributed by atoms with E-state index in [0.717, 1.165) is 0 Å². The maximum absolute atomic E-state index is 13.1. The van der Waals surface area contributed by atoms with Gasteiger partial charge in [-0.2, -0.15) is 21.6 Å². The normalized spacial score (nSPS) is 33.9. The average Bonchev–Trinajstić information content (AvgIpc) is 3.13. The molecule has 2 saturated carbocycles.